The fourth-order valence-corrected chi connectivity index (χ4v) is 2.61. The second-order valence-electron chi connectivity index (χ2n) is 6.59. The van der Waals surface area contributed by atoms with Crippen molar-refractivity contribution in [2.24, 2.45) is 5.92 Å². The molecule has 0 fully saturated rings. The molecule has 0 aliphatic rings. The minimum atomic E-state index is -0.612. The number of para-hydroxylation sites is 1. The predicted octanol–water partition coefficient (Wildman–Crippen LogP) is 3.07. The summed E-state index contributed by atoms with van der Waals surface area (Å²) in [6, 6.07) is 14.2. The molecule has 5 nitrogen and oxygen atoms in total. The molecular formula is C21H26N2O3. The molecule has 2 aromatic carbocycles. The van der Waals surface area contributed by atoms with Gasteiger partial charge in [0, 0.05) is 17.7 Å². The summed E-state index contributed by atoms with van der Waals surface area (Å²) in [5.41, 5.74) is 2.51. The number of nitrogens with one attached hydrogen (secondary N) is 2. The molecule has 26 heavy (non-hydrogen) atoms. The molecule has 1 atom stereocenters. The van der Waals surface area contributed by atoms with Crippen LogP contribution in [-0.4, -0.2) is 25.0 Å². The first-order valence-corrected chi connectivity index (χ1v) is 8.69. The number of aryl methyl sites for hydroxylation is 1. The van der Waals surface area contributed by atoms with Crippen LogP contribution in [0.15, 0.2) is 48.5 Å². The number of hydrogen-bond acceptors (Lipinski definition) is 3. The standard InChI is InChI=1S/C21H26N2O3/c1-14(2)19(23-20(24)16-11-9-15(3)10-12-16)21(25)22-13-17-7-5-6-8-18(17)26-4/h5-12,14,19H,13H2,1-4H3,(H,22,25)(H,23,24). The van der Waals surface area contributed by atoms with Gasteiger partial charge >= 0.3 is 0 Å². The molecule has 0 heterocycles. The first kappa shape index (κ1) is 19.5. The molecule has 0 radical (unpaired) electrons. The number of benzene rings is 2. The maximum absolute atomic E-state index is 12.6. The fraction of sp³-hybridized carbons (Fsp3) is 0.333. The Kier molecular flexibility index (Phi) is 6.78. The highest BCUT2D eigenvalue weighted by Gasteiger charge is 2.24. The van der Waals surface area contributed by atoms with Crippen LogP contribution < -0.4 is 15.4 Å². The third-order valence-corrected chi connectivity index (χ3v) is 4.20. The Balaban J connectivity index is 2.03. The highest BCUT2D eigenvalue weighted by Crippen LogP contribution is 2.17. The molecular weight excluding hydrogens is 328 g/mol. The van der Waals surface area contributed by atoms with Crippen LogP contribution in [0.3, 0.4) is 0 Å². The summed E-state index contributed by atoms with van der Waals surface area (Å²) in [7, 11) is 1.60. The second kappa shape index (κ2) is 9.04. The lowest BCUT2D eigenvalue weighted by atomic mass is 10.0. The van der Waals surface area contributed by atoms with Crippen molar-refractivity contribution in [2.75, 3.05) is 7.11 Å². The van der Waals surface area contributed by atoms with Gasteiger partial charge in [-0.2, -0.15) is 0 Å². The largest absolute Gasteiger partial charge is 0.496 e. The Bertz CT molecular complexity index is 754. The van der Waals surface area contributed by atoms with E-state index in [9.17, 15) is 9.59 Å². The summed E-state index contributed by atoms with van der Waals surface area (Å²) < 4.78 is 5.30. The van der Waals surface area contributed by atoms with E-state index in [-0.39, 0.29) is 17.7 Å². The summed E-state index contributed by atoms with van der Waals surface area (Å²) >= 11 is 0. The van der Waals surface area contributed by atoms with Crippen LogP contribution in [0.1, 0.15) is 35.3 Å². The molecule has 1 unspecified atom stereocenters. The maximum atomic E-state index is 12.6. The third kappa shape index (κ3) is 5.09. The number of carbonyl (C=O) groups is 2. The molecule has 0 aliphatic heterocycles. The molecule has 0 saturated heterocycles. The Hall–Kier alpha value is -2.82. The van der Waals surface area contributed by atoms with Gasteiger partial charge in [0.1, 0.15) is 11.8 Å². The van der Waals surface area contributed by atoms with Gasteiger partial charge in [-0.3, -0.25) is 9.59 Å². The van der Waals surface area contributed by atoms with Gasteiger partial charge in [-0.15, -0.1) is 0 Å². The summed E-state index contributed by atoms with van der Waals surface area (Å²) in [5, 5.41) is 5.72. The molecule has 138 valence electrons. The number of hydrogen-bond donors (Lipinski definition) is 2. The minimum absolute atomic E-state index is 0.0398. The zero-order valence-corrected chi connectivity index (χ0v) is 15.7. The highest BCUT2D eigenvalue weighted by atomic mass is 16.5. The Labute approximate surface area is 154 Å². The van der Waals surface area contributed by atoms with Crippen molar-refractivity contribution in [3.63, 3.8) is 0 Å². The van der Waals surface area contributed by atoms with Gasteiger partial charge < -0.3 is 15.4 Å². The van der Waals surface area contributed by atoms with Gasteiger partial charge in [0.2, 0.25) is 5.91 Å². The first-order chi connectivity index (χ1) is 12.4. The van der Waals surface area contributed by atoms with E-state index in [4.69, 9.17) is 4.74 Å². The summed E-state index contributed by atoms with van der Waals surface area (Å²) in [6.07, 6.45) is 0. The number of methoxy groups -OCH3 is 1. The monoisotopic (exact) mass is 354 g/mol. The Morgan fingerprint density at radius 2 is 1.69 bits per heavy atom. The van der Waals surface area contributed by atoms with E-state index in [0.29, 0.717) is 12.1 Å². The molecule has 0 aliphatic carbocycles. The summed E-state index contributed by atoms with van der Waals surface area (Å²) in [5.74, 6) is 0.210. The van der Waals surface area contributed by atoms with E-state index >= 15 is 0 Å². The zero-order valence-electron chi connectivity index (χ0n) is 15.7. The van der Waals surface area contributed by atoms with Crippen LogP contribution >= 0.6 is 0 Å². The molecule has 2 N–H and O–H groups in total. The third-order valence-electron chi connectivity index (χ3n) is 4.20. The van der Waals surface area contributed by atoms with Crippen molar-refractivity contribution in [3.8, 4) is 5.75 Å². The van der Waals surface area contributed by atoms with Gasteiger partial charge in [-0.25, -0.2) is 0 Å². The van der Waals surface area contributed by atoms with E-state index < -0.39 is 6.04 Å². The van der Waals surface area contributed by atoms with Crippen molar-refractivity contribution in [3.05, 3.63) is 65.2 Å². The number of ether oxygens (including phenoxy) is 1. The smallest absolute Gasteiger partial charge is 0.251 e. The summed E-state index contributed by atoms with van der Waals surface area (Å²) in [6.45, 7) is 6.11. The van der Waals surface area contributed by atoms with E-state index in [1.165, 1.54) is 0 Å². The van der Waals surface area contributed by atoms with E-state index in [1.807, 2.05) is 57.2 Å². The maximum Gasteiger partial charge on any atom is 0.251 e. The van der Waals surface area contributed by atoms with Crippen LogP contribution in [0, 0.1) is 12.8 Å². The average molecular weight is 354 g/mol. The molecule has 2 rings (SSSR count). The first-order valence-electron chi connectivity index (χ1n) is 8.69. The minimum Gasteiger partial charge on any atom is -0.496 e. The number of rotatable bonds is 7. The van der Waals surface area contributed by atoms with Gasteiger partial charge in [0.15, 0.2) is 0 Å². The van der Waals surface area contributed by atoms with Crippen LogP contribution in [0.25, 0.3) is 0 Å². The number of amides is 2. The molecule has 0 spiro atoms. The van der Waals surface area contributed by atoms with E-state index in [1.54, 1.807) is 19.2 Å². The molecule has 0 aromatic heterocycles. The lowest BCUT2D eigenvalue weighted by molar-refractivity contribution is -0.124. The second-order valence-corrected chi connectivity index (χ2v) is 6.59. The van der Waals surface area contributed by atoms with E-state index in [2.05, 4.69) is 10.6 Å². The van der Waals surface area contributed by atoms with Crippen molar-refractivity contribution in [1.29, 1.82) is 0 Å². The normalized spacial score (nSPS) is 11.7. The van der Waals surface area contributed by atoms with Crippen molar-refractivity contribution >= 4 is 11.8 Å². The lowest BCUT2D eigenvalue weighted by Crippen LogP contribution is -2.49. The van der Waals surface area contributed by atoms with Crippen LogP contribution in [0.4, 0.5) is 0 Å². The summed E-state index contributed by atoms with van der Waals surface area (Å²) in [4.78, 5) is 25.1. The van der Waals surface area contributed by atoms with Crippen molar-refractivity contribution < 1.29 is 14.3 Å². The van der Waals surface area contributed by atoms with Gasteiger partial charge in [0.05, 0.1) is 7.11 Å². The van der Waals surface area contributed by atoms with Crippen molar-refractivity contribution in [2.45, 2.75) is 33.4 Å². The van der Waals surface area contributed by atoms with Gasteiger partial charge in [0.25, 0.3) is 5.91 Å². The average Bonchev–Trinajstić information content (AvgIpc) is 2.64. The Morgan fingerprint density at radius 3 is 2.31 bits per heavy atom. The highest BCUT2D eigenvalue weighted by molar-refractivity contribution is 5.97. The zero-order chi connectivity index (χ0) is 19.1. The van der Waals surface area contributed by atoms with Crippen molar-refractivity contribution in [1.82, 2.24) is 10.6 Å². The molecule has 2 amide bonds. The number of carbonyl (C=O) groups excluding carboxylic acids is 2. The van der Waals surface area contributed by atoms with Gasteiger partial charge in [-0.1, -0.05) is 49.7 Å². The van der Waals surface area contributed by atoms with Crippen LogP contribution in [-0.2, 0) is 11.3 Å². The molecule has 0 saturated carbocycles. The lowest BCUT2D eigenvalue weighted by Gasteiger charge is -2.22. The van der Waals surface area contributed by atoms with Crippen LogP contribution in [0.5, 0.6) is 5.75 Å². The van der Waals surface area contributed by atoms with E-state index in [0.717, 1.165) is 16.9 Å². The molecule has 0 bridgehead atoms. The SMILES string of the molecule is COc1ccccc1CNC(=O)C(NC(=O)c1ccc(C)cc1)C(C)C. The Morgan fingerprint density at radius 1 is 1.04 bits per heavy atom. The van der Waals surface area contributed by atoms with Gasteiger partial charge in [-0.05, 0) is 31.0 Å². The fourth-order valence-electron chi connectivity index (χ4n) is 2.61. The quantitative estimate of drug-likeness (QED) is 0.803. The molecule has 5 heteroatoms. The predicted molar refractivity (Wildman–Crippen MR) is 102 cm³/mol. The van der Waals surface area contributed by atoms with Crippen LogP contribution in [0.2, 0.25) is 0 Å². The molecule has 2 aromatic rings. The topological polar surface area (TPSA) is 67.4 Å².